The first-order chi connectivity index (χ1) is 10.3. The van der Waals surface area contributed by atoms with E-state index >= 15 is 0 Å². The van der Waals surface area contributed by atoms with Gasteiger partial charge in [-0.25, -0.2) is 4.39 Å². The van der Waals surface area contributed by atoms with Gasteiger partial charge in [-0.1, -0.05) is 25.0 Å². The topological polar surface area (TPSA) is 20.2 Å². The van der Waals surface area contributed by atoms with Crippen molar-refractivity contribution in [3.8, 4) is 0 Å². The summed E-state index contributed by atoms with van der Waals surface area (Å²) in [5, 5.41) is 9.66. The highest BCUT2D eigenvalue weighted by Gasteiger charge is 2.80. The van der Waals surface area contributed by atoms with Crippen molar-refractivity contribution in [2.45, 2.75) is 56.5 Å². The van der Waals surface area contributed by atoms with Gasteiger partial charge in [0, 0.05) is 11.8 Å². The lowest BCUT2D eigenvalue weighted by molar-refractivity contribution is -0.400. The highest BCUT2D eigenvalue weighted by Crippen LogP contribution is 2.63. The molecular weight excluding hydrogens is 329 g/mol. The summed E-state index contributed by atoms with van der Waals surface area (Å²) in [5.41, 5.74) is -7.57. The number of allylic oxidation sites excluding steroid dienone is 2. The van der Waals surface area contributed by atoms with Crippen molar-refractivity contribution >= 4 is 0 Å². The van der Waals surface area contributed by atoms with Gasteiger partial charge >= 0.3 is 12.4 Å². The molecule has 0 aromatic heterocycles. The molecule has 0 radical (unpaired) electrons. The molecule has 1 N–H and O–H groups in total. The standard InChI is InChI=1S/C15H17F7O/c1-9(10-4-2-3-5-10)6-12(7-11(16)8-12)13(23,14(17,18)19)15(20,21)22/h7,10,23H,1-6,8H2. The zero-order chi connectivity index (χ0) is 17.7. The van der Waals surface area contributed by atoms with E-state index in [0.717, 1.165) is 12.8 Å². The van der Waals surface area contributed by atoms with Gasteiger partial charge in [0.15, 0.2) is 0 Å². The molecule has 1 nitrogen and oxygen atoms in total. The van der Waals surface area contributed by atoms with Crippen LogP contribution in [0.2, 0.25) is 0 Å². The molecule has 0 aromatic carbocycles. The lowest BCUT2D eigenvalue weighted by atomic mass is 9.58. The molecule has 2 aliphatic carbocycles. The van der Waals surface area contributed by atoms with Crippen molar-refractivity contribution in [1.82, 2.24) is 0 Å². The smallest absolute Gasteiger partial charge is 0.373 e. The number of aliphatic hydroxyl groups is 1. The Labute approximate surface area is 128 Å². The molecule has 1 fully saturated rings. The minimum Gasteiger partial charge on any atom is -0.373 e. The number of halogens is 7. The normalized spacial score (nSPS) is 26.9. The van der Waals surface area contributed by atoms with Gasteiger partial charge in [-0.2, -0.15) is 26.3 Å². The van der Waals surface area contributed by atoms with Crippen LogP contribution in [0.1, 0.15) is 38.5 Å². The Kier molecular flexibility index (Phi) is 4.37. The number of rotatable bonds is 4. The van der Waals surface area contributed by atoms with Gasteiger partial charge in [0.1, 0.15) is 0 Å². The molecule has 0 aliphatic heterocycles. The molecule has 8 heteroatoms. The third-order valence-electron chi connectivity index (χ3n) is 4.93. The molecule has 1 atom stereocenters. The van der Waals surface area contributed by atoms with Crippen LogP contribution in [-0.4, -0.2) is 23.1 Å². The fourth-order valence-electron chi connectivity index (χ4n) is 3.65. The van der Waals surface area contributed by atoms with Crippen molar-refractivity contribution < 1.29 is 35.8 Å². The SMILES string of the molecule is C=C(CC1(C(O)(C(F)(F)F)C(F)(F)F)C=C(F)C1)C1CCCC1. The molecule has 132 valence electrons. The summed E-state index contributed by atoms with van der Waals surface area (Å²) < 4.78 is 91.9. The minimum atomic E-state index is -5.97. The van der Waals surface area contributed by atoms with E-state index in [1.54, 1.807) is 0 Å². The van der Waals surface area contributed by atoms with Gasteiger partial charge in [-0.3, -0.25) is 0 Å². The fourth-order valence-corrected chi connectivity index (χ4v) is 3.65. The van der Waals surface area contributed by atoms with Crippen LogP contribution in [0.25, 0.3) is 0 Å². The van der Waals surface area contributed by atoms with Gasteiger partial charge in [0.25, 0.3) is 5.60 Å². The Morgan fingerprint density at radius 1 is 1.13 bits per heavy atom. The summed E-state index contributed by atoms with van der Waals surface area (Å²) in [4.78, 5) is 0. The minimum absolute atomic E-state index is 0.186. The molecule has 0 amide bonds. The quantitative estimate of drug-likeness (QED) is 0.546. The summed E-state index contributed by atoms with van der Waals surface area (Å²) in [7, 11) is 0. The monoisotopic (exact) mass is 346 g/mol. The molecule has 0 spiro atoms. The van der Waals surface area contributed by atoms with Crippen LogP contribution in [0.15, 0.2) is 24.1 Å². The van der Waals surface area contributed by atoms with E-state index in [2.05, 4.69) is 6.58 Å². The van der Waals surface area contributed by atoms with Crippen molar-refractivity contribution in [3.63, 3.8) is 0 Å². The maximum Gasteiger partial charge on any atom is 0.427 e. The second-order valence-corrected chi connectivity index (χ2v) is 6.45. The predicted octanol–water partition coefficient (Wildman–Crippen LogP) is 5.22. The van der Waals surface area contributed by atoms with Crippen molar-refractivity contribution in [3.05, 3.63) is 24.1 Å². The Bertz CT molecular complexity index is 497. The third-order valence-corrected chi connectivity index (χ3v) is 4.93. The maximum absolute atomic E-state index is 13.1. The summed E-state index contributed by atoms with van der Waals surface area (Å²) in [6, 6.07) is 0. The molecule has 0 saturated heterocycles. The molecule has 2 aliphatic rings. The predicted molar refractivity (Wildman–Crippen MR) is 69.0 cm³/mol. The van der Waals surface area contributed by atoms with Crippen molar-refractivity contribution in [1.29, 1.82) is 0 Å². The molecule has 1 saturated carbocycles. The molecule has 2 rings (SSSR count). The van der Waals surface area contributed by atoms with Crippen LogP contribution in [0, 0.1) is 11.3 Å². The van der Waals surface area contributed by atoms with E-state index in [4.69, 9.17) is 0 Å². The first kappa shape index (κ1) is 18.3. The first-order valence-electron chi connectivity index (χ1n) is 7.25. The lowest BCUT2D eigenvalue weighted by Gasteiger charge is -2.50. The molecular formula is C15H17F7O. The van der Waals surface area contributed by atoms with Crippen LogP contribution in [0.3, 0.4) is 0 Å². The zero-order valence-corrected chi connectivity index (χ0v) is 12.2. The van der Waals surface area contributed by atoms with E-state index in [-0.39, 0.29) is 17.6 Å². The molecule has 23 heavy (non-hydrogen) atoms. The average molecular weight is 346 g/mol. The van der Waals surface area contributed by atoms with Crippen LogP contribution in [-0.2, 0) is 0 Å². The van der Waals surface area contributed by atoms with Crippen molar-refractivity contribution in [2.75, 3.05) is 0 Å². The van der Waals surface area contributed by atoms with Crippen molar-refractivity contribution in [2.24, 2.45) is 11.3 Å². The van der Waals surface area contributed by atoms with E-state index < -0.39 is 42.0 Å². The van der Waals surface area contributed by atoms with Gasteiger partial charge in [-0.05, 0) is 31.3 Å². The third kappa shape index (κ3) is 2.79. The second kappa shape index (κ2) is 5.50. The van der Waals surface area contributed by atoms with Crippen LogP contribution < -0.4 is 0 Å². The highest BCUT2D eigenvalue weighted by atomic mass is 19.4. The Hall–Kier alpha value is -1.05. The number of hydrogen-bond acceptors (Lipinski definition) is 1. The van der Waals surface area contributed by atoms with E-state index in [0.29, 0.717) is 12.8 Å². The van der Waals surface area contributed by atoms with Crippen LogP contribution in [0.5, 0.6) is 0 Å². The zero-order valence-electron chi connectivity index (χ0n) is 12.2. The second-order valence-electron chi connectivity index (χ2n) is 6.45. The number of alkyl halides is 6. The Morgan fingerprint density at radius 2 is 1.57 bits per heavy atom. The Morgan fingerprint density at radius 3 is 1.91 bits per heavy atom. The largest absolute Gasteiger partial charge is 0.427 e. The Balaban J connectivity index is 2.41. The summed E-state index contributed by atoms with van der Waals surface area (Å²) in [5.74, 6) is -1.27. The van der Waals surface area contributed by atoms with E-state index in [1.807, 2.05) is 0 Å². The average Bonchev–Trinajstić information content (AvgIpc) is 2.86. The van der Waals surface area contributed by atoms with E-state index in [9.17, 15) is 35.8 Å². The number of hydrogen-bond donors (Lipinski definition) is 1. The van der Waals surface area contributed by atoms with Gasteiger partial charge in [0.2, 0.25) is 0 Å². The molecule has 0 heterocycles. The lowest BCUT2D eigenvalue weighted by Crippen LogP contribution is -2.68. The fraction of sp³-hybridized carbons (Fsp3) is 0.733. The maximum atomic E-state index is 13.1. The summed E-state index contributed by atoms with van der Waals surface area (Å²) >= 11 is 0. The van der Waals surface area contributed by atoms with Crippen LogP contribution in [0.4, 0.5) is 30.7 Å². The molecule has 0 aromatic rings. The molecule has 1 unspecified atom stereocenters. The van der Waals surface area contributed by atoms with E-state index in [1.165, 1.54) is 0 Å². The van der Waals surface area contributed by atoms with Gasteiger partial charge < -0.3 is 5.11 Å². The summed E-state index contributed by atoms with van der Waals surface area (Å²) in [6.07, 6.45) is -10.6. The summed E-state index contributed by atoms with van der Waals surface area (Å²) in [6.45, 7) is 3.61. The van der Waals surface area contributed by atoms with Gasteiger partial charge in [0.05, 0.1) is 5.83 Å². The van der Waals surface area contributed by atoms with Crippen LogP contribution >= 0.6 is 0 Å². The highest BCUT2D eigenvalue weighted by molar-refractivity contribution is 5.31. The van der Waals surface area contributed by atoms with Gasteiger partial charge in [-0.15, -0.1) is 0 Å². The molecule has 0 bridgehead atoms. The first-order valence-corrected chi connectivity index (χ1v) is 7.25.